The topological polar surface area (TPSA) is 56.3 Å². The number of hydrogen-bond acceptors (Lipinski definition) is 4. The van der Waals surface area contributed by atoms with E-state index in [9.17, 15) is 8.42 Å². The summed E-state index contributed by atoms with van der Waals surface area (Å²) in [4.78, 5) is 4.34. The lowest BCUT2D eigenvalue weighted by atomic mass is 10.2. The van der Waals surface area contributed by atoms with E-state index in [4.69, 9.17) is 15.8 Å². The molecule has 0 radical (unpaired) electrons. The highest BCUT2D eigenvalue weighted by Crippen LogP contribution is 2.29. The number of aryl methyl sites for hydroxylation is 2. The van der Waals surface area contributed by atoms with Crippen LogP contribution in [0.4, 0.5) is 0 Å². The average Bonchev–Trinajstić information content (AvgIpc) is 2.49. The molecule has 0 fully saturated rings. The highest BCUT2D eigenvalue weighted by Gasteiger charge is 2.20. The third-order valence-electron chi connectivity index (χ3n) is 3.48. The van der Waals surface area contributed by atoms with Gasteiger partial charge in [0, 0.05) is 22.7 Å². The third-order valence-corrected chi connectivity index (χ3v) is 5.09. The van der Waals surface area contributed by atoms with Crippen molar-refractivity contribution in [1.29, 1.82) is 0 Å². The third kappa shape index (κ3) is 3.16. The molecule has 118 valence electrons. The van der Waals surface area contributed by atoms with Crippen LogP contribution in [-0.4, -0.2) is 13.4 Å². The fourth-order valence-corrected chi connectivity index (χ4v) is 3.74. The van der Waals surface area contributed by atoms with Crippen LogP contribution in [0.25, 0.3) is 10.9 Å². The Morgan fingerprint density at radius 2 is 1.83 bits per heavy atom. The summed E-state index contributed by atoms with van der Waals surface area (Å²) >= 11 is 5.94. The first-order chi connectivity index (χ1) is 10.9. The lowest BCUT2D eigenvalue weighted by Crippen LogP contribution is -2.12. The molecule has 0 aliphatic rings. The monoisotopic (exact) mass is 347 g/mol. The molecule has 0 saturated heterocycles. The first kappa shape index (κ1) is 15.8. The van der Waals surface area contributed by atoms with Crippen molar-refractivity contribution in [2.24, 2.45) is 0 Å². The van der Waals surface area contributed by atoms with E-state index in [1.54, 1.807) is 37.3 Å². The van der Waals surface area contributed by atoms with Gasteiger partial charge in [-0.1, -0.05) is 23.7 Å². The number of benzene rings is 2. The summed E-state index contributed by atoms with van der Waals surface area (Å²) in [6, 6.07) is 11.8. The van der Waals surface area contributed by atoms with Crippen molar-refractivity contribution >= 4 is 32.6 Å². The van der Waals surface area contributed by atoms with Crippen molar-refractivity contribution < 1.29 is 12.6 Å². The van der Waals surface area contributed by atoms with E-state index in [0.717, 1.165) is 5.56 Å². The number of halogens is 1. The first-order valence-corrected chi connectivity index (χ1v) is 8.71. The molecule has 0 bridgehead atoms. The molecule has 3 rings (SSSR count). The number of aromatic nitrogens is 1. The van der Waals surface area contributed by atoms with Gasteiger partial charge in [-0.15, -0.1) is 0 Å². The van der Waals surface area contributed by atoms with Crippen molar-refractivity contribution in [2.75, 3.05) is 0 Å². The normalized spacial score (nSPS) is 11.6. The number of fused-ring (bicyclic) bond motifs is 1. The Bertz CT molecular complexity index is 1000. The second kappa shape index (κ2) is 5.83. The zero-order chi connectivity index (χ0) is 16.6. The number of rotatable bonds is 3. The molecule has 4 nitrogen and oxygen atoms in total. The molecule has 0 spiro atoms. The fourth-order valence-electron chi connectivity index (χ4n) is 2.31. The van der Waals surface area contributed by atoms with E-state index < -0.39 is 10.1 Å². The minimum atomic E-state index is -3.93. The van der Waals surface area contributed by atoms with Gasteiger partial charge in [0.25, 0.3) is 0 Å². The zero-order valence-corrected chi connectivity index (χ0v) is 14.1. The van der Waals surface area contributed by atoms with E-state index >= 15 is 0 Å². The molecule has 2 aromatic carbocycles. The van der Waals surface area contributed by atoms with Crippen molar-refractivity contribution in [3.8, 4) is 5.75 Å². The molecule has 0 aliphatic heterocycles. The van der Waals surface area contributed by atoms with Gasteiger partial charge < -0.3 is 4.18 Å². The van der Waals surface area contributed by atoms with Crippen LogP contribution >= 0.6 is 11.6 Å². The van der Waals surface area contributed by atoms with Crippen LogP contribution in [0.15, 0.2) is 53.6 Å². The first-order valence-electron chi connectivity index (χ1n) is 6.93. The Hall–Kier alpha value is -2.11. The van der Waals surface area contributed by atoms with Crippen LogP contribution in [0.5, 0.6) is 5.75 Å². The predicted octanol–water partition coefficient (Wildman–Crippen LogP) is 4.27. The Kier molecular flexibility index (Phi) is 4.00. The number of hydrogen-bond donors (Lipinski definition) is 0. The molecule has 3 aromatic rings. The van der Waals surface area contributed by atoms with E-state index in [0.29, 0.717) is 21.5 Å². The molecular formula is C17H14ClNO3S. The fraction of sp³-hybridized carbons (Fsp3) is 0.118. The molecule has 6 heteroatoms. The smallest absolute Gasteiger partial charge is 0.339 e. The predicted molar refractivity (Wildman–Crippen MR) is 90.5 cm³/mol. The Morgan fingerprint density at radius 3 is 2.61 bits per heavy atom. The summed E-state index contributed by atoms with van der Waals surface area (Å²) in [7, 11) is -3.93. The summed E-state index contributed by atoms with van der Waals surface area (Å²) in [6.07, 6.45) is 1.49. The molecule has 0 unspecified atom stereocenters. The largest absolute Gasteiger partial charge is 0.378 e. The van der Waals surface area contributed by atoms with Gasteiger partial charge in [0.2, 0.25) is 0 Å². The second-order valence-electron chi connectivity index (χ2n) is 5.28. The molecule has 1 heterocycles. The van der Waals surface area contributed by atoms with Crippen molar-refractivity contribution in [3.63, 3.8) is 0 Å². The summed E-state index contributed by atoms with van der Waals surface area (Å²) in [5.74, 6) is 0.229. The van der Waals surface area contributed by atoms with Gasteiger partial charge in [0.05, 0.1) is 5.52 Å². The minimum Gasteiger partial charge on any atom is -0.378 e. The molecular weight excluding hydrogens is 334 g/mol. The highest BCUT2D eigenvalue weighted by molar-refractivity contribution is 7.87. The quantitative estimate of drug-likeness (QED) is 0.664. The van der Waals surface area contributed by atoms with Crippen LogP contribution in [0.1, 0.15) is 11.1 Å². The van der Waals surface area contributed by atoms with Gasteiger partial charge in [-0.2, -0.15) is 8.42 Å². The SMILES string of the molecule is Cc1ccc(C)c(S(=O)(=O)Oc2ccnc3cc(Cl)ccc23)c1. The van der Waals surface area contributed by atoms with Crippen LogP contribution < -0.4 is 4.18 Å². The van der Waals surface area contributed by atoms with E-state index in [2.05, 4.69) is 4.98 Å². The van der Waals surface area contributed by atoms with Gasteiger partial charge in [0.1, 0.15) is 4.90 Å². The number of nitrogens with zero attached hydrogens (tertiary/aromatic N) is 1. The Balaban J connectivity index is 2.09. The molecule has 0 aliphatic carbocycles. The summed E-state index contributed by atoms with van der Waals surface area (Å²) in [5, 5.41) is 1.12. The summed E-state index contributed by atoms with van der Waals surface area (Å²) in [5.41, 5.74) is 2.06. The maximum atomic E-state index is 12.6. The second-order valence-corrected chi connectivity index (χ2v) is 7.23. The zero-order valence-electron chi connectivity index (χ0n) is 12.6. The number of pyridine rings is 1. The van der Waals surface area contributed by atoms with Crippen LogP contribution in [0.2, 0.25) is 5.02 Å². The van der Waals surface area contributed by atoms with Crippen LogP contribution in [0, 0.1) is 13.8 Å². The highest BCUT2D eigenvalue weighted by atomic mass is 35.5. The lowest BCUT2D eigenvalue weighted by Gasteiger charge is -2.11. The van der Waals surface area contributed by atoms with Crippen molar-refractivity contribution in [2.45, 2.75) is 18.7 Å². The van der Waals surface area contributed by atoms with Gasteiger partial charge in [0.15, 0.2) is 5.75 Å². The maximum Gasteiger partial charge on any atom is 0.339 e. The maximum absolute atomic E-state index is 12.6. The molecule has 0 saturated carbocycles. The molecule has 0 atom stereocenters. The van der Waals surface area contributed by atoms with E-state index in [1.165, 1.54) is 12.3 Å². The Labute approximate surface area is 139 Å². The molecule has 0 N–H and O–H groups in total. The Morgan fingerprint density at radius 1 is 1.04 bits per heavy atom. The van der Waals surface area contributed by atoms with Crippen LogP contribution in [0.3, 0.4) is 0 Å². The van der Waals surface area contributed by atoms with Gasteiger partial charge in [-0.3, -0.25) is 4.98 Å². The lowest BCUT2D eigenvalue weighted by molar-refractivity contribution is 0.488. The van der Waals surface area contributed by atoms with Crippen molar-refractivity contribution in [3.05, 3.63) is 64.8 Å². The molecule has 23 heavy (non-hydrogen) atoms. The molecule has 0 amide bonds. The van der Waals surface area contributed by atoms with Gasteiger partial charge in [-0.25, -0.2) is 0 Å². The molecule has 1 aromatic heterocycles. The van der Waals surface area contributed by atoms with Gasteiger partial charge >= 0.3 is 10.1 Å². The summed E-state index contributed by atoms with van der Waals surface area (Å²) < 4.78 is 30.6. The standard InChI is InChI=1S/C17H14ClNO3S/c1-11-3-4-12(2)17(9-11)23(20,21)22-16-7-8-19-15-10-13(18)5-6-14(15)16/h3-10H,1-2H3. The van der Waals surface area contributed by atoms with E-state index in [-0.39, 0.29) is 10.6 Å². The van der Waals surface area contributed by atoms with E-state index in [1.807, 2.05) is 13.0 Å². The summed E-state index contributed by atoms with van der Waals surface area (Å²) in [6.45, 7) is 3.57. The van der Waals surface area contributed by atoms with Crippen LogP contribution in [-0.2, 0) is 10.1 Å². The minimum absolute atomic E-state index is 0.163. The van der Waals surface area contributed by atoms with Crippen molar-refractivity contribution in [1.82, 2.24) is 4.98 Å². The average molecular weight is 348 g/mol. The van der Waals surface area contributed by atoms with Gasteiger partial charge in [-0.05, 0) is 49.2 Å².